The lowest BCUT2D eigenvalue weighted by Crippen LogP contribution is -2.45. The van der Waals surface area contributed by atoms with E-state index >= 15 is 0 Å². The molecule has 31 heavy (non-hydrogen) atoms. The molecule has 1 aromatic heterocycles. The molecule has 5 nitrogen and oxygen atoms in total. The summed E-state index contributed by atoms with van der Waals surface area (Å²) < 4.78 is 0. The topological polar surface area (TPSA) is 61.9 Å². The van der Waals surface area contributed by atoms with Crippen molar-refractivity contribution in [3.8, 4) is 11.3 Å². The minimum absolute atomic E-state index is 0.577. The zero-order valence-corrected chi connectivity index (χ0v) is 18.6. The summed E-state index contributed by atoms with van der Waals surface area (Å²) in [4.78, 5) is 9.15. The number of nitrogens with zero attached hydrogens (tertiary/aromatic N) is 2. The van der Waals surface area contributed by atoms with Gasteiger partial charge in [-0.15, -0.1) is 0 Å². The highest BCUT2D eigenvalue weighted by atomic mass is 15.1. The minimum Gasteiger partial charge on any atom is -0.354 e. The zero-order valence-electron chi connectivity index (χ0n) is 18.6. The highest BCUT2D eigenvalue weighted by Crippen LogP contribution is 2.20. The number of nitrogens with one attached hydrogen (secondary N) is 3. The predicted octanol–water partition coefficient (Wildman–Crippen LogP) is 4.19. The Morgan fingerprint density at radius 1 is 1.06 bits per heavy atom. The van der Waals surface area contributed by atoms with Crippen LogP contribution in [-0.2, 0) is 13.0 Å². The molecule has 0 amide bonds. The van der Waals surface area contributed by atoms with E-state index in [2.05, 4.69) is 83.3 Å². The molecular formula is C26H33N5. The Morgan fingerprint density at radius 3 is 2.81 bits per heavy atom. The third kappa shape index (κ3) is 6.12. The molecule has 2 aromatic carbocycles. The smallest absolute Gasteiger partial charge is 0.223 e. The third-order valence-electron chi connectivity index (χ3n) is 6.01. The van der Waals surface area contributed by atoms with Crippen molar-refractivity contribution >= 4 is 5.95 Å². The number of rotatable bonds is 8. The first-order chi connectivity index (χ1) is 15.2. The molecule has 3 N–H and O–H groups in total. The van der Waals surface area contributed by atoms with Gasteiger partial charge in [-0.05, 0) is 62.0 Å². The van der Waals surface area contributed by atoms with Gasteiger partial charge in [0.15, 0.2) is 0 Å². The molecular weight excluding hydrogens is 382 g/mol. The highest BCUT2D eigenvalue weighted by molar-refractivity contribution is 5.60. The van der Waals surface area contributed by atoms with Crippen LogP contribution in [0.2, 0.25) is 0 Å². The van der Waals surface area contributed by atoms with E-state index in [-0.39, 0.29) is 0 Å². The predicted molar refractivity (Wildman–Crippen MR) is 128 cm³/mol. The molecule has 4 rings (SSSR count). The van der Waals surface area contributed by atoms with Crippen molar-refractivity contribution in [2.75, 3.05) is 25.0 Å². The van der Waals surface area contributed by atoms with Crippen LogP contribution in [0.25, 0.3) is 11.3 Å². The van der Waals surface area contributed by atoms with Gasteiger partial charge in [-0.1, -0.05) is 55.0 Å². The Hall–Kier alpha value is -2.76. The molecule has 0 radical (unpaired) electrons. The van der Waals surface area contributed by atoms with Gasteiger partial charge in [0.1, 0.15) is 0 Å². The number of piperidine rings is 1. The van der Waals surface area contributed by atoms with Crippen LogP contribution in [0.1, 0.15) is 30.0 Å². The lowest BCUT2D eigenvalue weighted by atomic mass is 9.95. The number of hydrogen-bond donors (Lipinski definition) is 3. The van der Waals surface area contributed by atoms with Crippen LogP contribution in [0.4, 0.5) is 5.95 Å². The first-order valence-corrected chi connectivity index (χ1v) is 11.3. The van der Waals surface area contributed by atoms with Crippen molar-refractivity contribution < 1.29 is 0 Å². The van der Waals surface area contributed by atoms with Gasteiger partial charge in [0.05, 0.1) is 5.69 Å². The van der Waals surface area contributed by atoms with E-state index < -0.39 is 0 Å². The Morgan fingerprint density at radius 2 is 1.94 bits per heavy atom. The van der Waals surface area contributed by atoms with Crippen molar-refractivity contribution in [3.63, 3.8) is 0 Å². The number of aromatic nitrogens is 2. The van der Waals surface area contributed by atoms with Crippen LogP contribution in [0.5, 0.6) is 0 Å². The zero-order chi connectivity index (χ0) is 21.5. The number of benzene rings is 2. The van der Waals surface area contributed by atoms with E-state index in [9.17, 15) is 0 Å². The maximum Gasteiger partial charge on any atom is 0.223 e. The van der Waals surface area contributed by atoms with E-state index in [1.807, 2.05) is 12.3 Å². The van der Waals surface area contributed by atoms with Crippen LogP contribution in [0.3, 0.4) is 0 Å². The second kappa shape index (κ2) is 10.5. The summed E-state index contributed by atoms with van der Waals surface area (Å²) in [5.41, 5.74) is 5.98. The Balaban J connectivity index is 1.36. The second-order valence-corrected chi connectivity index (χ2v) is 8.59. The summed E-state index contributed by atoms with van der Waals surface area (Å²) in [7, 11) is 0. The maximum absolute atomic E-state index is 4.74. The number of anilines is 1. The molecule has 0 bridgehead atoms. The molecule has 0 spiro atoms. The molecule has 2 heterocycles. The van der Waals surface area contributed by atoms with Crippen molar-refractivity contribution in [1.29, 1.82) is 0 Å². The lowest BCUT2D eigenvalue weighted by Gasteiger charge is -2.30. The highest BCUT2D eigenvalue weighted by Gasteiger charge is 2.20. The summed E-state index contributed by atoms with van der Waals surface area (Å²) in [5.74, 6) is 1.34. The van der Waals surface area contributed by atoms with Crippen molar-refractivity contribution in [3.05, 3.63) is 77.5 Å². The van der Waals surface area contributed by atoms with Crippen molar-refractivity contribution in [2.24, 2.45) is 5.92 Å². The largest absolute Gasteiger partial charge is 0.354 e. The van der Waals surface area contributed by atoms with Gasteiger partial charge < -0.3 is 16.0 Å². The molecule has 2 atom stereocenters. The normalized spacial score (nSPS) is 18.6. The molecule has 0 unspecified atom stereocenters. The van der Waals surface area contributed by atoms with Gasteiger partial charge in [-0.25, -0.2) is 9.97 Å². The second-order valence-electron chi connectivity index (χ2n) is 8.59. The molecule has 1 saturated heterocycles. The minimum atomic E-state index is 0.577. The molecule has 1 aliphatic heterocycles. The van der Waals surface area contributed by atoms with E-state index in [0.29, 0.717) is 17.9 Å². The number of aryl methyl sites for hydroxylation is 1. The van der Waals surface area contributed by atoms with Gasteiger partial charge in [-0.3, -0.25) is 0 Å². The van der Waals surface area contributed by atoms with E-state index in [0.717, 1.165) is 43.9 Å². The lowest BCUT2D eigenvalue weighted by molar-refractivity contribution is 0.295. The molecule has 1 fully saturated rings. The van der Waals surface area contributed by atoms with Crippen molar-refractivity contribution in [2.45, 2.75) is 39.3 Å². The Bertz CT molecular complexity index is 987. The third-order valence-corrected chi connectivity index (χ3v) is 6.01. The summed E-state index contributed by atoms with van der Waals surface area (Å²) in [6.45, 7) is 8.33. The first kappa shape index (κ1) is 21.5. The number of hydrogen-bond acceptors (Lipinski definition) is 5. The molecule has 0 aliphatic carbocycles. The molecule has 3 aromatic rings. The average molecular weight is 416 g/mol. The van der Waals surface area contributed by atoms with E-state index in [1.54, 1.807) is 0 Å². The summed E-state index contributed by atoms with van der Waals surface area (Å²) in [5, 5.41) is 10.6. The van der Waals surface area contributed by atoms with Crippen LogP contribution in [0.15, 0.2) is 60.8 Å². The van der Waals surface area contributed by atoms with Gasteiger partial charge in [0.25, 0.3) is 0 Å². The molecule has 1 aliphatic rings. The van der Waals surface area contributed by atoms with Gasteiger partial charge in [-0.2, -0.15) is 0 Å². The standard InChI is InChI=1S/C26H33N5/c1-19-5-3-6-21(15-19)9-13-28-26-29-14-11-25(31-26)23-8-4-7-22(16-23)18-30-24-10-12-27-17-20(24)2/h3-8,11,14-16,20,24,27,30H,9-10,12-13,17-18H2,1-2H3,(H,28,29,31)/t20-,24-/m1/s1. The first-order valence-electron chi connectivity index (χ1n) is 11.3. The SMILES string of the molecule is Cc1cccc(CCNc2nccc(-c3cccc(CN[C@@H]4CCNC[C@H]4C)c3)n2)c1. The summed E-state index contributed by atoms with van der Waals surface area (Å²) in [6.07, 6.45) is 3.97. The molecule has 5 heteroatoms. The van der Waals surface area contributed by atoms with Crippen LogP contribution in [0, 0.1) is 12.8 Å². The fraction of sp³-hybridized carbons (Fsp3) is 0.385. The van der Waals surface area contributed by atoms with Crippen LogP contribution >= 0.6 is 0 Å². The van der Waals surface area contributed by atoms with Crippen LogP contribution in [-0.4, -0.2) is 35.6 Å². The average Bonchev–Trinajstić information content (AvgIpc) is 2.79. The quantitative estimate of drug-likeness (QED) is 0.515. The van der Waals surface area contributed by atoms with Gasteiger partial charge in [0.2, 0.25) is 5.95 Å². The Kier molecular flexibility index (Phi) is 7.28. The molecule has 0 saturated carbocycles. The van der Waals surface area contributed by atoms with Crippen LogP contribution < -0.4 is 16.0 Å². The van der Waals surface area contributed by atoms with Gasteiger partial charge >= 0.3 is 0 Å². The summed E-state index contributed by atoms with van der Waals surface area (Å²) in [6, 6.07) is 19.8. The fourth-order valence-corrected chi connectivity index (χ4v) is 4.20. The Labute approximate surface area is 185 Å². The van der Waals surface area contributed by atoms with E-state index in [1.165, 1.54) is 23.1 Å². The maximum atomic E-state index is 4.74. The monoisotopic (exact) mass is 415 g/mol. The molecule has 162 valence electrons. The summed E-state index contributed by atoms with van der Waals surface area (Å²) >= 11 is 0. The fourth-order valence-electron chi connectivity index (χ4n) is 4.20. The van der Waals surface area contributed by atoms with Gasteiger partial charge in [0, 0.05) is 30.9 Å². The van der Waals surface area contributed by atoms with Crippen molar-refractivity contribution in [1.82, 2.24) is 20.6 Å². The van der Waals surface area contributed by atoms with E-state index in [4.69, 9.17) is 4.98 Å².